The van der Waals surface area contributed by atoms with Crippen LogP contribution in [0.25, 0.3) is 5.52 Å². The van der Waals surface area contributed by atoms with E-state index in [0.29, 0.717) is 43.2 Å². The number of alkyl halides is 5. The number of nitrogens with zero attached hydrogens (tertiary/aromatic N) is 1. The summed E-state index contributed by atoms with van der Waals surface area (Å²) in [6, 6.07) is 6.11. The van der Waals surface area contributed by atoms with Crippen LogP contribution in [0.3, 0.4) is 0 Å². The molecule has 2 aromatic rings. The second-order valence-corrected chi connectivity index (χ2v) is 9.64. The number of quaternary nitrogens is 1. The van der Waals surface area contributed by atoms with E-state index in [1.807, 2.05) is 28.8 Å². The van der Waals surface area contributed by atoms with Gasteiger partial charge in [0.1, 0.15) is 5.97 Å². The van der Waals surface area contributed by atoms with Crippen LogP contribution in [0.2, 0.25) is 0 Å². The maximum atomic E-state index is 13.5. The highest BCUT2D eigenvalue weighted by Crippen LogP contribution is 2.44. The molecule has 5 rings (SSSR count). The maximum Gasteiger partial charge on any atom is 0.430 e. The van der Waals surface area contributed by atoms with Crippen LogP contribution in [-0.4, -0.2) is 48.1 Å². The number of likely N-dealkylation sites (tertiary alicyclic amines) is 1. The average Bonchev–Trinajstić information content (AvgIpc) is 3.71. The summed E-state index contributed by atoms with van der Waals surface area (Å²) in [6.45, 7) is 1.52. The van der Waals surface area contributed by atoms with Crippen molar-refractivity contribution in [3.8, 4) is 0 Å². The number of hydrogen-bond donors (Lipinski definition) is 3. The number of piperidine rings is 1. The number of rotatable bonds is 6. The molecular weight excluding hydrogens is 475 g/mol. The Morgan fingerprint density at radius 3 is 2.23 bits per heavy atom. The summed E-state index contributed by atoms with van der Waals surface area (Å²) >= 11 is 0. The molecule has 0 bridgehead atoms. The molecule has 192 valence electrons. The molecule has 1 saturated heterocycles. The second-order valence-electron chi connectivity index (χ2n) is 9.64. The van der Waals surface area contributed by atoms with Crippen molar-refractivity contribution in [2.24, 2.45) is 11.8 Å². The van der Waals surface area contributed by atoms with E-state index in [1.165, 1.54) is 25.7 Å². The second kappa shape index (κ2) is 9.71. The number of carbonyl (C=O) groups excluding carboxylic acids is 2. The molecule has 12 heteroatoms. The third kappa shape index (κ3) is 6.47. The van der Waals surface area contributed by atoms with Crippen LogP contribution < -0.4 is 19.7 Å². The van der Waals surface area contributed by atoms with Crippen molar-refractivity contribution in [3.63, 3.8) is 0 Å². The minimum atomic E-state index is -5.19. The first kappa shape index (κ1) is 25.3. The van der Waals surface area contributed by atoms with E-state index in [4.69, 9.17) is 9.90 Å². The lowest BCUT2D eigenvalue weighted by molar-refractivity contribution is -0.927. The highest BCUT2D eigenvalue weighted by molar-refractivity contribution is 5.98. The molecule has 3 N–H and O–H groups in total. The Bertz CT molecular complexity index is 1060. The number of aromatic amines is 1. The summed E-state index contributed by atoms with van der Waals surface area (Å²) in [5.41, 5.74) is 1.44. The first-order chi connectivity index (χ1) is 16.4. The molecular formula is C23H28F5N4O3+. The van der Waals surface area contributed by atoms with Crippen molar-refractivity contribution in [3.05, 3.63) is 35.9 Å². The molecule has 2 aromatic heterocycles. The molecule has 0 atom stereocenters. The van der Waals surface area contributed by atoms with E-state index < -0.39 is 18.1 Å². The first-order valence-corrected chi connectivity index (χ1v) is 11.8. The molecule has 35 heavy (non-hydrogen) atoms. The SMILES string of the molecule is O=C(NC(C1CC1)C1CC1)c1[nH]c(C[NH+]2CCC(F)(F)CC2)[n+]2ccccc12.O=C([O-])C(F)(F)F. The lowest BCUT2D eigenvalue weighted by atomic mass is 10.1. The Kier molecular flexibility index (Phi) is 7.03. The molecule has 3 fully saturated rings. The number of aliphatic carboxylic acids is 1. The van der Waals surface area contributed by atoms with Crippen LogP contribution in [0, 0.1) is 11.8 Å². The predicted molar refractivity (Wildman–Crippen MR) is 110 cm³/mol. The Labute approximate surface area is 198 Å². The number of carbonyl (C=O) groups is 2. The number of carboxylic acid groups (broad SMARTS) is 1. The number of aromatic nitrogens is 2. The topological polar surface area (TPSA) is 93.6 Å². The number of amides is 1. The lowest BCUT2D eigenvalue weighted by Gasteiger charge is -2.27. The van der Waals surface area contributed by atoms with E-state index in [-0.39, 0.29) is 18.7 Å². The summed E-state index contributed by atoms with van der Waals surface area (Å²) < 4.78 is 60.5. The number of pyridine rings is 1. The van der Waals surface area contributed by atoms with Crippen LogP contribution in [0.15, 0.2) is 24.4 Å². The predicted octanol–water partition coefficient (Wildman–Crippen LogP) is 0.784. The van der Waals surface area contributed by atoms with Gasteiger partial charge in [-0.25, -0.2) is 13.8 Å². The largest absolute Gasteiger partial charge is 0.542 e. The van der Waals surface area contributed by atoms with Crippen molar-refractivity contribution in [2.45, 2.75) is 63.2 Å². The Hall–Kier alpha value is -2.76. The Morgan fingerprint density at radius 2 is 1.71 bits per heavy atom. The lowest BCUT2D eigenvalue weighted by Crippen LogP contribution is -3.12. The number of halogens is 5. The fraction of sp³-hybridized carbons (Fsp3) is 0.609. The van der Waals surface area contributed by atoms with Gasteiger partial charge in [0.25, 0.3) is 11.8 Å². The molecule has 0 unspecified atom stereocenters. The van der Waals surface area contributed by atoms with E-state index in [1.54, 1.807) is 0 Å². The fourth-order valence-corrected chi connectivity index (χ4v) is 4.59. The molecule has 3 heterocycles. The van der Waals surface area contributed by atoms with Gasteiger partial charge in [-0.1, -0.05) is 6.07 Å². The van der Waals surface area contributed by atoms with Gasteiger partial charge in [0.2, 0.25) is 5.69 Å². The van der Waals surface area contributed by atoms with Gasteiger partial charge in [-0.15, -0.1) is 0 Å². The van der Waals surface area contributed by atoms with E-state index in [2.05, 4.69) is 10.3 Å². The van der Waals surface area contributed by atoms with Crippen molar-refractivity contribution in [1.82, 2.24) is 10.3 Å². The molecule has 2 saturated carbocycles. The van der Waals surface area contributed by atoms with Crippen molar-refractivity contribution < 1.29 is 45.9 Å². The highest BCUT2D eigenvalue weighted by Gasteiger charge is 2.43. The van der Waals surface area contributed by atoms with Gasteiger partial charge < -0.3 is 20.1 Å². The van der Waals surface area contributed by atoms with Gasteiger partial charge in [-0.2, -0.15) is 17.6 Å². The number of nitrogens with one attached hydrogen (secondary N) is 3. The molecule has 2 aliphatic carbocycles. The summed E-state index contributed by atoms with van der Waals surface area (Å²) in [6.07, 6.45) is 1.49. The fourth-order valence-electron chi connectivity index (χ4n) is 4.59. The number of H-pyrrole nitrogens is 1. The molecule has 0 spiro atoms. The zero-order chi connectivity index (χ0) is 25.4. The van der Waals surface area contributed by atoms with Gasteiger partial charge in [-0.05, 0) is 49.7 Å². The van der Waals surface area contributed by atoms with Gasteiger partial charge >= 0.3 is 12.0 Å². The number of carboxylic acids is 1. The molecule has 0 aromatic carbocycles. The standard InChI is InChI=1S/C21H26F2N4O.C2HF3O2/c22-21(23)8-11-26(12-9-21)13-17-24-19(16-3-1-2-10-27(16)17)20(28)25-18(14-4-5-14)15-6-7-15;3-2(4,5)1(6)7/h1-3,10,14-15,18H,4-9,11-13H2,(H,25,28);(H,6,7)/p+1. The third-order valence-corrected chi connectivity index (χ3v) is 6.80. The van der Waals surface area contributed by atoms with Crippen LogP contribution in [-0.2, 0) is 11.3 Å². The summed E-state index contributed by atoms with van der Waals surface area (Å²) in [4.78, 5) is 26.3. The Morgan fingerprint density at radius 1 is 1.14 bits per heavy atom. The summed E-state index contributed by atoms with van der Waals surface area (Å²) in [5, 5.41) is 12.1. The van der Waals surface area contributed by atoms with E-state index in [0.717, 1.165) is 16.2 Å². The van der Waals surface area contributed by atoms with Gasteiger partial charge in [-0.3, -0.25) is 4.79 Å². The van der Waals surface area contributed by atoms with Gasteiger partial charge in [0.15, 0.2) is 12.1 Å². The zero-order valence-electron chi connectivity index (χ0n) is 19.0. The number of hydrogen-bond acceptors (Lipinski definition) is 3. The molecule has 1 amide bonds. The van der Waals surface area contributed by atoms with Crippen molar-refractivity contribution >= 4 is 17.4 Å². The van der Waals surface area contributed by atoms with Gasteiger partial charge in [0.05, 0.1) is 32.1 Å². The van der Waals surface area contributed by atoms with Crippen LogP contribution in [0.1, 0.15) is 54.8 Å². The van der Waals surface area contributed by atoms with Crippen LogP contribution in [0.5, 0.6) is 0 Å². The summed E-state index contributed by atoms with van der Waals surface area (Å²) in [5.74, 6) is -3.39. The number of fused-ring (bicyclic) bond motifs is 1. The highest BCUT2D eigenvalue weighted by atomic mass is 19.4. The molecule has 1 aliphatic heterocycles. The van der Waals surface area contributed by atoms with Crippen LogP contribution >= 0.6 is 0 Å². The number of imidazole rings is 1. The minimum absolute atomic E-state index is 0.0427. The normalized spacial score (nSPS) is 20.4. The monoisotopic (exact) mass is 503 g/mol. The zero-order valence-corrected chi connectivity index (χ0v) is 19.0. The smallest absolute Gasteiger partial charge is 0.430 e. The maximum absolute atomic E-state index is 13.5. The van der Waals surface area contributed by atoms with Crippen molar-refractivity contribution in [1.29, 1.82) is 0 Å². The van der Waals surface area contributed by atoms with E-state index in [9.17, 15) is 26.7 Å². The average molecular weight is 503 g/mol. The minimum Gasteiger partial charge on any atom is -0.542 e. The van der Waals surface area contributed by atoms with Crippen LogP contribution in [0.4, 0.5) is 22.0 Å². The first-order valence-electron chi connectivity index (χ1n) is 11.8. The van der Waals surface area contributed by atoms with Crippen molar-refractivity contribution in [2.75, 3.05) is 13.1 Å². The molecule has 0 radical (unpaired) electrons. The van der Waals surface area contributed by atoms with Gasteiger partial charge in [0, 0.05) is 6.04 Å². The van der Waals surface area contributed by atoms with E-state index >= 15 is 0 Å². The molecule has 7 nitrogen and oxygen atoms in total. The Balaban J connectivity index is 0.000000364. The molecule has 3 aliphatic rings. The quantitative estimate of drug-likeness (QED) is 0.402. The summed E-state index contributed by atoms with van der Waals surface area (Å²) in [7, 11) is 0. The third-order valence-electron chi connectivity index (χ3n) is 6.80.